The lowest BCUT2D eigenvalue weighted by Gasteiger charge is -2.22. The third-order valence-corrected chi connectivity index (χ3v) is 4.62. The minimum atomic E-state index is 0.241. The van der Waals surface area contributed by atoms with Gasteiger partial charge in [0.2, 0.25) is 5.91 Å². The number of nitrogens with zero attached hydrogens (tertiary/aromatic N) is 3. The third kappa shape index (κ3) is 5.85. The lowest BCUT2D eigenvalue weighted by molar-refractivity contribution is -0.131. The van der Waals surface area contributed by atoms with Crippen molar-refractivity contribution in [1.82, 2.24) is 14.8 Å². The highest BCUT2D eigenvalue weighted by Gasteiger charge is 2.18. The first-order valence-electron chi connectivity index (χ1n) is 9.38. The molecule has 1 aromatic carbocycles. The molecule has 2 aromatic rings. The number of rotatable bonds is 7. The highest BCUT2D eigenvalue weighted by molar-refractivity contribution is 5.76. The average Bonchev–Trinajstić information content (AvgIpc) is 2.92. The Morgan fingerprint density at radius 2 is 1.92 bits per heavy atom. The standard InChI is InChI=1S/C21H27N3O2/c25-21(10-5-16-26-20-8-2-1-3-9-20)24-13-6-12-23(14-15-24)18-19-7-4-11-22-17-19/h1-4,7-9,11,17H,5-6,10,12-16,18H2. The van der Waals surface area contributed by atoms with Crippen LogP contribution >= 0.6 is 0 Å². The van der Waals surface area contributed by atoms with Gasteiger partial charge in [-0.3, -0.25) is 14.7 Å². The molecule has 1 fully saturated rings. The van der Waals surface area contributed by atoms with Crippen LogP contribution in [0.1, 0.15) is 24.8 Å². The summed E-state index contributed by atoms with van der Waals surface area (Å²) in [7, 11) is 0. The molecule has 1 amide bonds. The molecule has 1 aliphatic heterocycles. The summed E-state index contributed by atoms with van der Waals surface area (Å²) in [5, 5.41) is 0. The van der Waals surface area contributed by atoms with E-state index in [1.54, 1.807) is 6.20 Å². The second kappa shape index (κ2) is 9.92. The molecule has 0 aliphatic carbocycles. The fourth-order valence-corrected chi connectivity index (χ4v) is 3.22. The van der Waals surface area contributed by atoms with Gasteiger partial charge in [-0.15, -0.1) is 0 Å². The maximum absolute atomic E-state index is 12.5. The van der Waals surface area contributed by atoms with E-state index < -0.39 is 0 Å². The molecule has 0 bridgehead atoms. The largest absolute Gasteiger partial charge is 0.494 e. The number of pyridine rings is 1. The third-order valence-electron chi connectivity index (χ3n) is 4.62. The van der Waals surface area contributed by atoms with Gasteiger partial charge in [0.1, 0.15) is 5.75 Å². The Morgan fingerprint density at radius 3 is 2.73 bits per heavy atom. The van der Waals surface area contributed by atoms with Crippen LogP contribution in [0.2, 0.25) is 0 Å². The lowest BCUT2D eigenvalue weighted by Crippen LogP contribution is -2.35. The Balaban J connectivity index is 1.37. The normalized spacial score (nSPS) is 15.5. The topological polar surface area (TPSA) is 45.7 Å². The lowest BCUT2D eigenvalue weighted by atomic mass is 10.2. The molecular weight excluding hydrogens is 326 g/mol. The van der Waals surface area contributed by atoms with Crippen LogP contribution in [0.15, 0.2) is 54.9 Å². The molecule has 0 saturated carbocycles. The van der Waals surface area contributed by atoms with E-state index in [1.807, 2.05) is 47.5 Å². The zero-order valence-electron chi connectivity index (χ0n) is 15.2. The number of benzene rings is 1. The summed E-state index contributed by atoms with van der Waals surface area (Å²) < 4.78 is 5.67. The highest BCUT2D eigenvalue weighted by atomic mass is 16.5. The van der Waals surface area contributed by atoms with E-state index in [0.29, 0.717) is 13.0 Å². The summed E-state index contributed by atoms with van der Waals surface area (Å²) in [5.41, 5.74) is 1.23. The second-order valence-electron chi connectivity index (χ2n) is 6.64. The molecule has 3 rings (SSSR count). The van der Waals surface area contributed by atoms with Crippen LogP contribution < -0.4 is 4.74 Å². The molecule has 0 radical (unpaired) electrons. The van der Waals surface area contributed by atoms with E-state index in [4.69, 9.17) is 4.74 Å². The van der Waals surface area contributed by atoms with E-state index in [2.05, 4.69) is 16.0 Å². The minimum Gasteiger partial charge on any atom is -0.494 e. The molecule has 0 N–H and O–H groups in total. The zero-order chi connectivity index (χ0) is 18.0. The second-order valence-corrected chi connectivity index (χ2v) is 6.64. The predicted octanol–water partition coefficient (Wildman–Crippen LogP) is 2.98. The number of hydrogen-bond donors (Lipinski definition) is 0. The highest BCUT2D eigenvalue weighted by Crippen LogP contribution is 2.11. The van der Waals surface area contributed by atoms with E-state index in [9.17, 15) is 4.79 Å². The van der Waals surface area contributed by atoms with E-state index >= 15 is 0 Å². The summed E-state index contributed by atoms with van der Waals surface area (Å²) in [6.45, 7) is 5.08. The van der Waals surface area contributed by atoms with Crippen LogP contribution in [0.4, 0.5) is 0 Å². The fraction of sp³-hybridized carbons (Fsp3) is 0.429. The van der Waals surface area contributed by atoms with Crippen LogP contribution in [0, 0.1) is 0 Å². The molecule has 1 saturated heterocycles. The Labute approximate surface area is 155 Å². The van der Waals surface area contributed by atoms with Crippen LogP contribution in [0.5, 0.6) is 5.75 Å². The average molecular weight is 353 g/mol. The first-order valence-corrected chi connectivity index (χ1v) is 9.38. The van der Waals surface area contributed by atoms with Gasteiger partial charge in [0, 0.05) is 51.5 Å². The van der Waals surface area contributed by atoms with Crippen molar-refractivity contribution < 1.29 is 9.53 Å². The van der Waals surface area contributed by atoms with Crippen LogP contribution in [-0.4, -0.2) is 53.5 Å². The van der Waals surface area contributed by atoms with Crippen LogP contribution in [0.25, 0.3) is 0 Å². The van der Waals surface area contributed by atoms with E-state index in [0.717, 1.165) is 51.3 Å². The van der Waals surface area contributed by atoms with Gasteiger partial charge in [0.05, 0.1) is 6.61 Å². The summed E-state index contributed by atoms with van der Waals surface area (Å²) in [5.74, 6) is 1.10. The van der Waals surface area contributed by atoms with E-state index in [-0.39, 0.29) is 5.91 Å². The summed E-state index contributed by atoms with van der Waals surface area (Å²) in [4.78, 5) is 21.1. The minimum absolute atomic E-state index is 0.241. The molecular formula is C21H27N3O2. The van der Waals surface area contributed by atoms with Crippen LogP contribution in [-0.2, 0) is 11.3 Å². The number of ether oxygens (including phenoxy) is 1. The van der Waals surface area contributed by atoms with Crippen molar-refractivity contribution in [3.05, 3.63) is 60.4 Å². The number of aromatic nitrogens is 1. The summed E-state index contributed by atoms with van der Waals surface area (Å²) in [6.07, 6.45) is 6.04. The van der Waals surface area contributed by atoms with Gasteiger partial charge in [-0.2, -0.15) is 0 Å². The van der Waals surface area contributed by atoms with Crippen molar-refractivity contribution in [3.63, 3.8) is 0 Å². The number of amides is 1. The van der Waals surface area contributed by atoms with Gasteiger partial charge < -0.3 is 9.64 Å². The van der Waals surface area contributed by atoms with Gasteiger partial charge >= 0.3 is 0 Å². The molecule has 0 atom stereocenters. The smallest absolute Gasteiger partial charge is 0.222 e. The van der Waals surface area contributed by atoms with Gasteiger partial charge in [-0.1, -0.05) is 24.3 Å². The van der Waals surface area contributed by atoms with E-state index in [1.165, 1.54) is 5.56 Å². The van der Waals surface area contributed by atoms with Gasteiger partial charge in [-0.25, -0.2) is 0 Å². The molecule has 5 nitrogen and oxygen atoms in total. The van der Waals surface area contributed by atoms with Gasteiger partial charge in [0.15, 0.2) is 0 Å². The van der Waals surface area contributed by atoms with Crippen LogP contribution in [0.3, 0.4) is 0 Å². The Kier molecular flexibility index (Phi) is 7.02. The predicted molar refractivity (Wildman–Crippen MR) is 102 cm³/mol. The number of para-hydroxylation sites is 1. The molecule has 2 heterocycles. The van der Waals surface area contributed by atoms with Crippen molar-refractivity contribution in [2.75, 3.05) is 32.8 Å². The van der Waals surface area contributed by atoms with Crippen molar-refractivity contribution in [2.45, 2.75) is 25.8 Å². The Morgan fingerprint density at radius 1 is 1.04 bits per heavy atom. The molecule has 26 heavy (non-hydrogen) atoms. The van der Waals surface area contributed by atoms with Gasteiger partial charge in [-0.05, 0) is 36.6 Å². The molecule has 0 spiro atoms. The molecule has 1 aromatic heterocycles. The number of carbonyl (C=O) groups is 1. The number of hydrogen-bond acceptors (Lipinski definition) is 4. The van der Waals surface area contributed by atoms with Crippen molar-refractivity contribution >= 4 is 5.91 Å². The quantitative estimate of drug-likeness (QED) is 0.718. The first-order chi connectivity index (χ1) is 12.8. The zero-order valence-corrected chi connectivity index (χ0v) is 15.2. The Bertz CT molecular complexity index is 663. The first kappa shape index (κ1) is 18.4. The summed E-state index contributed by atoms with van der Waals surface area (Å²) in [6, 6.07) is 13.8. The Hall–Kier alpha value is -2.40. The number of carbonyl (C=O) groups excluding carboxylic acids is 1. The molecule has 1 aliphatic rings. The molecule has 138 valence electrons. The molecule has 5 heteroatoms. The maximum Gasteiger partial charge on any atom is 0.222 e. The summed E-state index contributed by atoms with van der Waals surface area (Å²) >= 11 is 0. The van der Waals surface area contributed by atoms with Crippen molar-refractivity contribution in [3.8, 4) is 5.75 Å². The van der Waals surface area contributed by atoms with Gasteiger partial charge in [0.25, 0.3) is 0 Å². The van der Waals surface area contributed by atoms with Crippen molar-refractivity contribution in [1.29, 1.82) is 0 Å². The molecule has 0 unspecified atom stereocenters. The fourth-order valence-electron chi connectivity index (χ4n) is 3.22. The maximum atomic E-state index is 12.5. The van der Waals surface area contributed by atoms with Crippen molar-refractivity contribution in [2.24, 2.45) is 0 Å². The SMILES string of the molecule is O=C(CCCOc1ccccc1)N1CCCN(Cc2cccnc2)CC1. The monoisotopic (exact) mass is 353 g/mol.